The van der Waals surface area contributed by atoms with Crippen LogP contribution in [0.25, 0.3) is 16.7 Å². The van der Waals surface area contributed by atoms with Gasteiger partial charge in [-0.05, 0) is 30.3 Å². The number of fused-ring (bicyclic) bond motifs is 3. The molecule has 7 heteroatoms. The number of nitrogens with one attached hydrogen (secondary N) is 1. The van der Waals surface area contributed by atoms with Crippen LogP contribution in [0, 0.1) is 0 Å². The zero-order valence-corrected chi connectivity index (χ0v) is 12.0. The minimum absolute atomic E-state index is 0.176. The third kappa shape index (κ3) is 2.10. The molecule has 0 fully saturated rings. The Hall–Kier alpha value is -2.86. The molecule has 0 spiro atoms. The first kappa shape index (κ1) is 12.8. The van der Waals surface area contributed by atoms with Crippen LogP contribution in [-0.2, 0) is 0 Å². The number of hydrogen-bond acceptors (Lipinski definition) is 5. The molecule has 4 aromatic rings. The van der Waals surface area contributed by atoms with Crippen molar-refractivity contribution < 1.29 is 5.11 Å². The van der Waals surface area contributed by atoms with Gasteiger partial charge in [0.1, 0.15) is 12.1 Å². The van der Waals surface area contributed by atoms with Crippen molar-refractivity contribution in [2.45, 2.75) is 0 Å². The number of anilines is 2. The monoisotopic (exact) mass is 311 g/mol. The van der Waals surface area contributed by atoms with E-state index in [1.54, 1.807) is 30.6 Å². The Labute approximate surface area is 130 Å². The number of nitrogens with zero attached hydrogens (tertiary/aromatic N) is 4. The number of aromatic hydroxyl groups is 1. The summed E-state index contributed by atoms with van der Waals surface area (Å²) in [7, 11) is 0. The minimum atomic E-state index is 0.176. The van der Waals surface area contributed by atoms with Crippen molar-refractivity contribution in [2.75, 3.05) is 5.32 Å². The summed E-state index contributed by atoms with van der Waals surface area (Å²) >= 11 is 6.05. The van der Waals surface area contributed by atoms with E-state index in [-0.39, 0.29) is 5.75 Å². The van der Waals surface area contributed by atoms with E-state index >= 15 is 0 Å². The molecule has 6 nitrogen and oxygen atoms in total. The molecule has 108 valence electrons. The summed E-state index contributed by atoms with van der Waals surface area (Å²) in [5, 5.41) is 21.4. The molecule has 0 bridgehead atoms. The van der Waals surface area contributed by atoms with E-state index < -0.39 is 0 Å². The predicted octanol–water partition coefficient (Wildman–Crippen LogP) is 3.38. The Morgan fingerprint density at radius 1 is 1.14 bits per heavy atom. The fraction of sp³-hybridized carbons (Fsp3) is 0. The van der Waals surface area contributed by atoms with Crippen LogP contribution in [0.2, 0.25) is 5.02 Å². The largest absolute Gasteiger partial charge is 0.508 e. The Morgan fingerprint density at radius 2 is 2.05 bits per heavy atom. The third-order valence-electron chi connectivity index (χ3n) is 3.30. The average molecular weight is 312 g/mol. The normalized spacial score (nSPS) is 11.1. The SMILES string of the molecule is Oc1cccc(Nc2nc3ccc(Cl)cc3n3cnnc23)c1. The van der Waals surface area contributed by atoms with Gasteiger partial charge in [-0.1, -0.05) is 17.7 Å². The maximum atomic E-state index is 9.56. The van der Waals surface area contributed by atoms with Gasteiger partial charge in [-0.2, -0.15) is 0 Å². The maximum Gasteiger partial charge on any atom is 0.204 e. The van der Waals surface area contributed by atoms with Gasteiger partial charge in [0.25, 0.3) is 0 Å². The number of hydrogen-bond donors (Lipinski definition) is 2. The molecule has 0 aliphatic rings. The smallest absolute Gasteiger partial charge is 0.204 e. The molecule has 2 aromatic carbocycles. The van der Waals surface area contributed by atoms with Crippen LogP contribution in [0.3, 0.4) is 0 Å². The lowest BCUT2D eigenvalue weighted by Crippen LogP contribution is -1.99. The topological polar surface area (TPSA) is 75.3 Å². The summed E-state index contributed by atoms with van der Waals surface area (Å²) in [6.07, 6.45) is 1.61. The van der Waals surface area contributed by atoms with E-state index in [0.29, 0.717) is 22.2 Å². The average Bonchev–Trinajstić information content (AvgIpc) is 2.98. The molecule has 22 heavy (non-hydrogen) atoms. The fourth-order valence-electron chi connectivity index (χ4n) is 2.33. The van der Waals surface area contributed by atoms with E-state index in [1.165, 1.54) is 0 Å². The first-order chi connectivity index (χ1) is 10.7. The lowest BCUT2D eigenvalue weighted by molar-refractivity contribution is 0.475. The highest BCUT2D eigenvalue weighted by Gasteiger charge is 2.11. The molecule has 2 N–H and O–H groups in total. The quantitative estimate of drug-likeness (QED) is 0.593. The number of rotatable bonds is 2. The second-order valence-corrected chi connectivity index (χ2v) is 5.23. The van der Waals surface area contributed by atoms with Crippen LogP contribution in [-0.4, -0.2) is 24.7 Å². The minimum Gasteiger partial charge on any atom is -0.508 e. The summed E-state index contributed by atoms with van der Waals surface area (Å²) in [5.74, 6) is 0.730. The second-order valence-electron chi connectivity index (χ2n) is 4.79. The Kier molecular flexibility index (Phi) is 2.83. The number of benzene rings is 2. The highest BCUT2D eigenvalue weighted by Crippen LogP contribution is 2.26. The van der Waals surface area contributed by atoms with E-state index in [0.717, 1.165) is 11.0 Å². The van der Waals surface area contributed by atoms with Gasteiger partial charge < -0.3 is 10.4 Å². The summed E-state index contributed by atoms with van der Waals surface area (Å²) in [5.41, 5.74) is 2.89. The zero-order valence-electron chi connectivity index (χ0n) is 11.2. The Balaban J connectivity index is 1.92. The lowest BCUT2D eigenvalue weighted by Gasteiger charge is -2.09. The number of phenols is 1. The molecule has 0 saturated carbocycles. The van der Waals surface area contributed by atoms with Crippen LogP contribution in [0.4, 0.5) is 11.5 Å². The maximum absolute atomic E-state index is 9.56. The van der Waals surface area contributed by atoms with Gasteiger partial charge in [0.05, 0.1) is 11.0 Å². The van der Waals surface area contributed by atoms with Gasteiger partial charge in [-0.3, -0.25) is 4.40 Å². The fourth-order valence-corrected chi connectivity index (χ4v) is 2.50. The second kappa shape index (κ2) is 4.85. The lowest BCUT2D eigenvalue weighted by atomic mass is 10.3. The molecule has 0 radical (unpaired) electrons. The van der Waals surface area contributed by atoms with Crippen LogP contribution in [0.15, 0.2) is 48.8 Å². The first-order valence-electron chi connectivity index (χ1n) is 6.56. The van der Waals surface area contributed by atoms with Crippen molar-refractivity contribution in [3.63, 3.8) is 0 Å². The van der Waals surface area contributed by atoms with Crippen molar-refractivity contribution in [1.29, 1.82) is 0 Å². The molecular formula is C15H10ClN5O. The summed E-state index contributed by atoms with van der Waals surface area (Å²) in [4.78, 5) is 4.57. The molecule has 0 saturated heterocycles. The molecule has 4 rings (SSSR count). The highest BCUT2D eigenvalue weighted by molar-refractivity contribution is 6.31. The van der Waals surface area contributed by atoms with Gasteiger partial charge in [-0.25, -0.2) is 4.98 Å². The molecular weight excluding hydrogens is 302 g/mol. The van der Waals surface area contributed by atoms with E-state index in [2.05, 4.69) is 20.5 Å². The molecule has 0 atom stereocenters. The van der Waals surface area contributed by atoms with Crippen LogP contribution in [0.1, 0.15) is 0 Å². The molecule has 2 heterocycles. The van der Waals surface area contributed by atoms with E-state index in [9.17, 15) is 5.11 Å². The summed E-state index contributed by atoms with van der Waals surface area (Å²) in [6.45, 7) is 0. The van der Waals surface area contributed by atoms with Crippen LogP contribution in [0.5, 0.6) is 5.75 Å². The molecule has 0 aliphatic heterocycles. The molecule has 0 aliphatic carbocycles. The number of phenolic OH excluding ortho intramolecular Hbond substituents is 1. The van der Waals surface area contributed by atoms with Gasteiger partial charge >= 0.3 is 0 Å². The van der Waals surface area contributed by atoms with Crippen LogP contribution < -0.4 is 5.32 Å². The number of aromatic nitrogens is 4. The predicted molar refractivity (Wildman–Crippen MR) is 84.7 cm³/mol. The zero-order chi connectivity index (χ0) is 15.1. The van der Waals surface area contributed by atoms with Gasteiger partial charge in [-0.15, -0.1) is 10.2 Å². The van der Waals surface area contributed by atoms with Gasteiger partial charge in [0.15, 0.2) is 5.82 Å². The van der Waals surface area contributed by atoms with Crippen LogP contribution >= 0.6 is 11.6 Å². The van der Waals surface area contributed by atoms with Crippen molar-refractivity contribution in [3.8, 4) is 5.75 Å². The Morgan fingerprint density at radius 3 is 2.91 bits per heavy atom. The van der Waals surface area contributed by atoms with Crippen molar-refractivity contribution in [2.24, 2.45) is 0 Å². The van der Waals surface area contributed by atoms with E-state index in [4.69, 9.17) is 11.6 Å². The summed E-state index contributed by atoms with van der Waals surface area (Å²) in [6, 6.07) is 12.2. The first-order valence-corrected chi connectivity index (χ1v) is 6.93. The summed E-state index contributed by atoms with van der Waals surface area (Å²) < 4.78 is 1.82. The van der Waals surface area contributed by atoms with Crippen molar-refractivity contribution in [3.05, 3.63) is 53.8 Å². The molecule has 0 unspecified atom stereocenters. The number of halogens is 1. The standard InChI is InChI=1S/C15H10ClN5O/c16-9-4-5-12-13(6-9)21-8-17-20-15(21)14(19-12)18-10-2-1-3-11(22)7-10/h1-8,22H,(H,18,19). The molecule has 2 aromatic heterocycles. The third-order valence-corrected chi connectivity index (χ3v) is 3.53. The van der Waals surface area contributed by atoms with Crippen molar-refractivity contribution in [1.82, 2.24) is 19.6 Å². The van der Waals surface area contributed by atoms with Gasteiger partial charge in [0, 0.05) is 16.8 Å². The molecule has 0 amide bonds. The highest BCUT2D eigenvalue weighted by atomic mass is 35.5. The van der Waals surface area contributed by atoms with Crippen molar-refractivity contribution >= 4 is 39.8 Å². The Bertz CT molecular complexity index is 998. The van der Waals surface area contributed by atoms with E-state index in [1.807, 2.05) is 22.6 Å². The van der Waals surface area contributed by atoms with Gasteiger partial charge in [0.2, 0.25) is 5.65 Å².